The first-order valence-corrected chi connectivity index (χ1v) is 19.2. The average Bonchev–Trinajstić information content (AvgIpc) is 3.40. The zero-order valence-corrected chi connectivity index (χ0v) is 33.8. The number of ether oxygens (including phenoxy) is 7. The van der Waals surface area contributed by atoms with Gasteiger partial charge in [0.15, 0.2) is 17.8 Å². The van der Waals surface area contributed by atoms with Crippen LogP contribution in [-0.4, -0.2) is 95.4 Å². The highest BCUT2D eigenvalue weighted by Crippen LogP contribution is 2.69. The Hall–Kier alpha value is -5.34. The Morgan fingerprint density at radius 2 is 1.38 bits per heavy atom. The lowest BCUT2D eigenvalue weighted by molar-refractivity contribution is -0.352. The van der Waals surface area contributed by atoms with Gasteiger partial charge in [-0.3, -0.25) is 19.2 Å². The molecule has 58 heavy (non-hydrogen) atoms. The maximum atomic E-state index is 14.3. The average molecular weight is 803 g/mol. The first-order valence-electron chi connectivity index (χ1n) is 19.2. The monoisotopic (exact) mass is 802 g/mol. The molecule has 2 saturated carbocycles. The Morgan fingerprint density at radius 1 is 0.793 bits per heavy atom. The van der Waals surface area contributed by atoms with Crippen molar-refractivity contribution in [1.82, 2.24) is 0 Å². The minimum absolute atomic E-state index is 0.0642. The number of hydrogen-bond donors (Lipinski definition) is 1. The van der Waals surface area contributed by atoms with Crippen molar-refractivity contribution in [2.24, 2.45) is 16.7 Å². The first kappa shape index (κ1) is 42.3. The number of rotatable bonds is 10. The molecule has 0 unspecified atom stereocenters. The maximum Gasteiger partial charge on any atom is 0.338 e. The summed E-state index contributed by atoms with van der Waals surface area (Å²) < 4.78 is 43.6. The summed E-state index contributed by atoms with van der Waals surface area (Å²) in [4.78, 5) is 80.9. The van der Waals surface area contributed by atoms with Crippen molar-refractivity contribution >= 4 is 41.9 Å². The van der Waals surface area contributed by atoms with Crippen LogP contribution in [0.25, 0.3) is 6.08 Å². The molecular formula is C44H50O14. The molecule has 1 saturated heterocycles. The molecule has 6 rings (SSSR count). The van der Waals surface area contributed by atoms with Crippen LogP contribution in [0.5, 0.6) is 0 Å². The number of aliphatic hydroxyl groups is 1. The van der Waals surface area contributed by atoms with Gasteiger partial charge in [0.1, 0.15) is 24.4 Å². The summed E-state index contributed by atoms with van der Waals surface area (Å²) in [5, 5.41) is 12.7. The largest absolute Gasteiger partial charge is 0.462 e. The zero-order chi connectivity index (χ0) is 42.4. The van der Waals surface area contributed by atoms with Gasteiger partial charge in [-0.05, 0) is 55.7 Å². The number of hydrogen-bond acceptors (Lipinski definition) is 14. The topological polar surface area (TPSA) is 187 Å². The normalized spacial score (nSPS) is 32.6. The minimum atomic E-state index is -1.93. The van der Waals surface area contributed by atoms with Crippen LogP contribution in [0.3, 0.4) is 0 Å². The Balaban J connectivity index is 1.68. The van der Waals surface area contributed by atoms with Crippen molar-refractivity contribution in [2.45, 2.75) is 116 Å². The van der Waals surface area contributed by atoms with Gasteiger partial charge in [0.2, 0.25) is 0 Å². The molecule has 10 atom stereocenters. The van der Waals surface area contributed by atoms with Crippen LogP contribution in [0, 0.1) is 16.7 Å². The molecule has 0 amide bonds. The molecule has 14 heteroatoms. The molecule has 2 aromatic rings. The van der Waals surface area contributed by atoms with Crippen molar-refractivity contribution in [2.75, 3.05) is 6.61 Å². The van der Waals surface area contributed by atoms with Crippen LogP contribution >= 0.6 is 0 Å². The van der Waals surface area contributed by atoms with E-state index in [1.165, 1.54) is 52.8 Å². The van der Waals surface area contributed by atoms with E-state index in [2.05, 4.69) is 0 Å². The van der Waals surface area contributed by atoms with E-state index >= 15 is 0 Å². The molecule has 1 N–H and O–H groups in total. The summed E-state index contributed by atoms with van der Waals surface area (Å²) in [5.74, 6) is -5.91. The minimum Gasteiger partial charge on any atom is -0.462 e. The highest BCUT2D eigenvalue weighted by molar-refractivity contribution is 5.90. The third kappa shape index (κ3) is 7.32. The van der Waals surface area contributed by atoms with Gasteiger partial charge < -0.3 is 38.3 Å². The molecular weight excluding hydrogens is 752 g/mol. The standard InChI is InChI=1S/C44H50O14/c1-24-31(56-34(49)20-19-29-15-11-9-12-16-29)22-43(41(6,7)51)35(24)36(57-40(50)30-17-13-10-14-18-30)38(54-26(3)46)42(8)32(53-25(2)45)21-33-44(23-52-33,58-28(5)48)37(42)39(43)55-27(4)47/h9-20,31-33,36-39,51H,21-23H2,1-8H3/b20-19-/t31-,32+,33+,36+,37+,38-,39+,42+,43-,44-/m0/s1. The second-order valence-electron chi connectivity index (χ2n) is 16.3. The molecule has 3 fully saturated rings. The lowest BCUT2D eigenvalue weighted by Crippen LogP contribution is -2.79. The van der Waals surface area contributed by atoms with E-state index in [9.17, 15) is 33.9 Å². The fourth-order valence-corrected chi connectivity index (χ4v) is 9.99. The predicted octanol–water partition coefficient (Wildman–Crippen LogP) is 4.85. The SMILES string of the molecule is CC(=O)O[C@@H]1[C@H]2[C@]3(OC(C)=O)CO[C@@H]3C[C@@H](OC(C)=O)[C@@]2(C)[C@@H](OC(C)=O)[C@H](OC(=O)c2ccccc2)C2=C(C)[C@@H](OC(=O)/C=C\c3ccccc3)C[C@]21C(C)(C)O. The Labute approximate surface area is 336 Å². The van der Waals surface area contributed by atoms with Crippen LogP contribution in [0.15, 0.2) is 77.9 Å². The molecule has 0 spiro atoms. The van der Waals surface area contributed by atoms with E-state index in [0.29, 0.717) is 5.57 Å². The van der Waals surface area contributed by atoms with Crippen molar-refractivity contribution in [3.05, 3.63) is 89.0 Å². The zero-order valence-electron chi connectivity index (χ0n) is 33.8. The van der Waals surface area contributed by atoms with E-state index < -0.39 is 100 Å². The van der Waals surface area contributed by atoms with Crippen LogP contribution in [0.2, 0.25) is 0 Å². The van der Waals surface area contributed by atoms with Gasteiger partial charge in [-0.25, -0.2) is 9.59 Å². The number of carbonyl (C=O) groups excluding carboxylic acids is 6. The van der Waals surface area contributed by atoms with Crippen molar-refractivity contribution in [3.63, 3.8) is 0 Å². The summed E-state index contributed by atoms with van der Waals surface area (Å²) >= 11 is 0. The number of carbonyl (C=O) groups is 6. The Bertz CT molecular complexity index is 2020. The summed E-state index contributed by atoms with van der Waals surface area (Å²) in [6, 6.07) is 17.1. The molecule has 14 nitrogen and oxygen atoms in total. The van der Waals surface area contributed by atoms with Crippen LogP contribution in [0.1, 0.15) is 84.2 Å². The van der Waals surface area contributed by atoms with Gasteiger partial charge >= 0.3 is 35.8 Å². The van der Waals surface area contributed by atoms with Crippen molar-refractivity contribution in [1.29, 1.82) is 0 Å². The third-order valence-electron chi connectivity index (χ3n) is 12.3. The summed E-state index contributed by atoms with van der Waals surface area (Å²) in [7, 11) is 0. The van der Waals surface area contributed by atoms with Gasteiger partial charge in [0.25, 0.3) is 0 Å². The second-order valence-corrected chi connectivity index (χ2v) is 16.3. The molecule has 4 aliphatic rings. The summed E-state index contributed by atoms with van der Waals surface area (Å²) in [6.45, 7) is 10.8. The molecule has 0 bridgehead atoms. The highest BCUT2D eigenvalue weighted by Gasteiger charge is 2.81. The van der Waals surface area contributed by atoms with Gasteiger partial charge in [-0.2, -0.15) is 0 Å². The van der Waals surface area contributed by atoms with Gasteiger partial charge in [-0.15, -0.1) is 0 Å². The summed E-state index contributed by atoms with van der Waals surface area (Å²) in [5.41, 5.74) is -5.78. The quantitative estimate of drug-likeness (QED) is 0.149. The molecule has 0 radical (unpaired) electrons. The van der Waals surface area contributed by atoms with Crippen molar-refractivity contribution < 1.29 is 67.0 Å². The Morgan fingerprint density at radius 3 is 1.91 bits per heavy atom. The smallest absolute Gasteiger partial charge is 0.338 e. The molecule has 0 aromatic heterocycles. The van der Waals surface area contributed by atoms with Crippen molar-refractivity contribution in [3.8, 4) is 0 Å². The number of benzene rings is 2. The highest BCUT2D eigenvalue weighted by atomic mass is 16.6. The molecule has 310 valence electrons. The fourth-order valence-electron chi connectivity index (χ4n) is 9.99. The molecule has 3 aliphatic carbocycles. The lowest BCUT2D eigenvalue weighted by atomic mass is 9.49. The van der Waals surface area contributed by atoms with Gasteiger partial charge in [0.05, 0.1) is 34.5 Å². The van der Waals surface area contributed by atoms with Crippen LogP contribution in [-0.2, 0) is 57.1 Å². The van der Waals surface area contributed by atoms with E-state index in [-0.39, 0.29) is 30.6 Å². The molecule has 2 aromatic carbocycles. The predicted molar refractivity (Wildman–Crippen MR) is 204 cm³/mol. The maximum absolute atomic E-state index is 14.3. The third-order valence-corrected chi connectivity index (χ3v) is 12.3. The van der Waals surface area contributed by atoms with E-state index in [1.807, 2.05) is 18.2 Å². The molecule has 1 aliphatic heterocycles. The van der Waals surface area contributed by atoms with Crippen LogP contribution in [0.4, 0.5) is 0 Å². The van der Waals surface area contributed by atoms with E-state index in [4.69, 9.17) is 33.2 Å². The Kier molecular flexibility index (Phi) is 11.5. The van der Waals surface area contributed by atoms with E-state index in [1.54, 1.807) is 50.3 Å². The van der Waals surface area contributed by atoms with Gasteiger partial charge in [-0.1, -0.05) is 55.5 Å². The molecule has 1 heterocycles. The van der Waals surface area contributed by atoms with Gasteiger partial charge in [0, 0.05) is 46.6 Å². The summed E-state index contributed by atoms with van der Waals surface area (Å²) in [6.07, 6.45) is -5.41. The van der Waals surface area contributed by atoms with E-state index in [0.717, 1.165) is 12.5 Å². The number of esters is 6. The fraction of sp³-hybridized carbons (Fsp3) is 0.500. The van der Waals surface area contributed by atoms with Crippen LogP contribution < -0.4 is 0 Å². The second kappa shape index (κ2) is 15.8. The number of fused-ring (bicyclic) bond motifs is 4. The first-order chi connectivity index (χ1) is 27.3. The lowest BCUT2D eigenvalue weighted by Gasteiger charge is -2.65.